The van der Waals surface area contributed by atoms with Gasteiger partial charge >= 0.3 is 11.8 Å². The zero-order chi connectivity index (χ0) is 19.0. The first kappa shape index (κ1) is 17.8. The number of hydrogen-bond donors (Lipinski definition) is 1. The van der Waals surface area contributed by atoms with Crippen molar-refractivity contribution in [3.05, 3.63) is 23.9 Å². The molecule has 3 fully saturated rings. The van der Waals surface area contributed by atoms with Gasteiger partial charge in [0.05, 0.1) is 6.04 Å². The summed E-state index contributed by atoms with van der Waals surface area (Å²) in [5.41, 5.74) is 1.08. The molecular formula is C19H24N4O4. The van der Waals surface area contributed by atoms with Gasteiger partial charge in [-0.15, -0.1) is 0 Å². The van der Waals surface area contributed by atoms with Gasteiger partial charge in [-0.1, -0.05) is 0 Å². The van der Waals surface area contributed by atoms with Crippen molar-refractivity contribution in [3.8, 4) is 5.88 Å². The molecule has 3 saturated heterocycles. The molecule has 1 N–H and O–H groups in total. The number of hydrogen-bond acceptors (Lipinski definition) is 5. The van der Waals surface area contributed by atoms with Crippen molar-refractivity contribution in [1.82, 2.24) is 20.1 Å². The number of nitrogens with zero attached hydrogens (tertiary/aromatic N) is 3. The van der Waals surface area contributed by atoms with Crippen molar-refractivity contribution < 1.29 is 19.1 Å². The highest BCUT2D eigenvalue weighted by atomic mass is 16.5. The molecule has 4 heterocycles. The Bertz CT molecular complexity index is 760. The summed E-state index contributed by atoms with van der Waals surface area (Å²) in [6, 6.07) is 3.25. The number of pyridine rings is 1. The molecular weight excluding hydrogens is 348 g/mol. The fourth-order valence-corrected chi connectivity index (χ4v) is 4.15. The van der Waals surface area contributed by atoms with E-state index in [1.165, 1.54) is 4.90 Å². The SMILES string of the molecule is Cc1ccnc(OC2CCN(C(=O)C(=O)N3C4CCC3C(=O)NC4)CC2)c1. The zero-order valence-electron chi connectivity index (χ0n) is 15.4. The Morgan fingerprint density at radius 2 is 1.96 bits per heavy atom. The van der Waals surface area contributed by atoms with Gasteiger partial charge in [0.15, 0.2) is 0 Å². The third-order valence-electron chi connectivity index (χ3n) is 5.64. The van der Waals surface area contributed by atoms with Crippen LogP contribution in [0.2, 0.25) is 0 Å². The highest BCUT2D eigenvalue weighted by Crippen LogP contribution is 2.28. The average molecular weight is 372 g/mol. The Labute approximate surface area is 157 Å². The van der Waals surface area contributed by atoms with E-state index in [0.717, 1.165) is 12.0 Å². The number of carbonyl (C=O) groups is 3. The van der Waals surface area contributed by atoms with Gasteiger partial charge in [-0.25, -0.2) is 4.98 Å². The van der Waals surface area contributed by atoms with Gasteiger partial charge in [-0.3, -0.25) is 14.4 Å². The number of amides is 3. The molecule has 8 heteroatoms. The fourth-order valence-electron chi connectivity index (χ4n) is 4.15. The van der Waals surface area contributed by atoms with E-state index in [2.05, 4.69) is 10.3 Å². The van der Waals surface area contributed by atoms with Crippen LogP contribution in [0.15, 0.2) is 18.3 Å². The maximum absolute atomic E-state index is 12.7. The van der Waals surface area contributed by atoms with Crippen LogP contribution in [0.5, 0.6) is 5.88 Å². The molecule has 144 valence electrons. The predicted octanol–water partition coefficient (Wildman–Crippen LogP) is 0.249. The number of likely N-dealkylation sites (tertiary alicyclic amines) is 1. The summed E-state index contributed by atoms with van der Waals surface area (Å²) in [5.74, 6) is -0.611. The van der Waals surface area contributed by atoms with E-state index in [0.29, 0.717) is 44.8 Å². The molecule has 1 aromatic heterocycles. The number of fused-ring (bicyclic) bond motifs is 2. The average Bonchev–Trinajstić information content (AvgIpc) is 3.00. The lowest BCUT2D eigenvalue weighted by molar-refractivity contribution is -0.157. The minimum Gasteiger partial charge on any atom is -0.474 e. The second-order valence-corrected chi connectivity index (χ2v) is 7.49. The van der Waals surface area contributed by atoms with Crippen LogP contribution >= 0.6 is 0 Å². The van der Waals surface area contributed by atoms with Crippen molar-refractivity contribution in [1.29, 1.82) is 0 Å². The molecule has 0 aromatic carbocycles. The Morgan fingerprint density at radius 1 is 1.19 bits per heavy atom. The Hall–Kier alpha value is -2.64. The number of carbonyl (C=O) groups excluding carboxylic acids is 3. The van der Waals surface area contributed by atoms with Gasteiger partial charge < -0.3 is 19.9 Å². The molecule has 0 saturated carbocycles. The van der Waals surface area contributed by atoms with E-state index in [-0.39, 0.29) is 18.1 Å². The van der Waals surface area contributed by atoms with E-state index in [9.17, 15) is 14.4 Å². The molecule has 1 aromatic rings. The number of ether oxygens (including phenoxy) is 1. The number of aromatic nitrogens is 1. The molecule has 8 nitrogen and oxygen atoms in total. The van der Waals surface area contributed by atoms with Crippen LogP contribution in [0.4, 0.5) is 0 Å². The summed E-state index contributed by atoms with van der Waals surface area (Å²) in [6.45, 7) is 3.36. The minimum atomic E-state index is -0.544. The molecule has 3 aliphatic heterocycles. The maximum Gasteiger partial charge on any atom is 0.313 e. The topological polar surface area (TPSA) is 91.8 Å². The van der Waals surface area contributed by atoms with Gasteiger partial charge in [0.2, 0.25) is 11.8 Å². The van der Waals surface area contributed by atoms with E-state index >= 15 is 0 Å². The first-order valence-corrected chi connectivity index (χ1v) is 9.51. The van der Waals surface area contributed by atoms with Crippen LogP contribution in [0.3, 0.4) is 0 Å². The van der Waals surface area contributed by atoms with Crippen LogP contribution in [0.1, 0.15) is 31.2 Å². The van der Waals surface area contributed by atoms with Crippen LogP contribution in [0, 0.1) is 6.92 Å². The summed E-state index contributed by atoms with van der Waals surface area (Å²) < 4.78 is 5.90. The molecule has 3 amide bonds. The summed E-state index contributed by atoms with van der Waals surface area (Å²) in [5, 5.41) is 2.80. The van der Waals surface area contributed by atoms with Crippen molar-refractivity contribution in [2.24, 2.45) is 0 Å². The fraction of sp³-hybridized carbons (Fsp3) is 0.579. The number of aryl methyl sites for hydroxylation is 1. The van der Waals surface area contributed by atoms with Gasteiger partial charge in [0, 0.05) is 44.7 Å². The van der Waals surface area contributed by atoms with E-state index in [1.807, 2.05) is 19.1 Å². The number of nitrogens with one attached hydrogen (secondary N) is 1. The minimum absolute atomic E-state index is 0.0182. The first-order chi connectivity index (χ1) is 13.0. The summed E-state index contributed by atoms with van der Waals surface area (Å²) >= 11 is 0. The van der Waals surface area contributed by atoms with Crippen LogP contribution in [-0.2, 0) is 14.4 Å². The van der Waals surface area contributed by atoms with Gasteiger partial charge in [-0.05, 0) is 31.4 Å². The van der Waals surface area contributed by atoms with Gasteiger partial charge in [-0.2, -0.15) is 0 Å². The monoisotopic (exact) mass is 372 g/mol. The van der Waals surface area contributed by atoms with Gasteiger partial charge in [0.1, 0.15) is 12.1 Å². The third-order valence-corrected chi connectivity index (χ3v) is 5.64. The lowest BCUT2D eigenvalue weighted by atomic mass is 10.1. The lowest BCUT2D eigenvalue weighted by Crippen LogP contribution is -2.60. The summed E-state index contributed by atoms with van der Waals surface area (Å²) in [7, 11) is 0. The van der Waals surface area contributed by atoms with Crippen molar-refractivity contribution in [3.63, 3.8) is 0 Å². The quantitative estimate of drug-likeness (QED) is 0.752. The van der Waals surface area contributed by atoms with Gasteiger partial charge in [0.25, 0.3) is 0 Å². The molecule has 0 aliphatic carbocycles. The summed E-state index contributed by atoms with van der Waals surface area (Å²) in [6.07, 6.45) is 4.40. The predicted molar refractivity (Wildman–Crippen MR) is 95.9 cm³/mol. The molecule has 4 rings (SSSR count). The van der Waals surface area contributed by atoms with Crippen molar-refractivity contribution in [2.45, 2.75) is 50.8 Å². The molecule has 2 atom stereocenters. The third kappa shape index (κ3) is 3.48. The van der Waals surface area contributed by atoms with E-state index < -0.39 is 17.9 Å². The second kappa shape index (κ2) is 7.17. The number of piperazine rings is 1. The van der Waals surface area contributed by atoms with Crippen LogP contribution in [0.25, 0.3) is 0 Å². The lowest BCUT2D eigenvalue weighted by Gasteiger charge is -2.36. The molecule has 0 spiro atoms. The molecule has 0 radical (unpaired) electrons. The number of rotatable bonds is 2. The normalized spacial score (nSPS) is 25.3. The van der Waals surface area contributed by atoms with E-state index in [4.69, 9.17) is 4.74 Å². The Balaban J connectivity index is 1.33. The zero-order valence-corrected chi connectivity index (χ0v) is 15.4. The second-order valence-electron chi connectivity index (χ2n) is 7.49. The van der Waals surface area contributed by atoms with Crippen molar-refractivity contribution >= 4 is 17.7 Å². The molecule has 3 aliphatic rings. The smallest absolute Gasteiger partial charge is 0.313 e. The van der Waals surface area contributed by atoms with Crippen LogP contribution < -0.4 is 10.1 Å². The largest absolute Gasteiger partial charge is 0.474 e. The molecule has 2 bridgehead atoms. The number of piperidine rings is 1. The standard InChI is InChI=1S/C19H24N4O4/c1-12-4-7-20-16(10-12)27-14-5-8-22(9-6-14)18(25)19(26)23-13-2-3-15(23)17(24)21-11-13/h4,7,10,13-15H,2-3,5-6,8-9,11H2,1H3,(H,21,24). The maximum atomic E-state index is 12.7. The Kier molecular flexibility index (Phi) is 4.72. The molecule has 27 heavy (non-hydrogen) atoms. The van der Waals surface area contributed by atoms with E-state index in [1.54, 1.807) is 11.1 Å². The summed E-state index contributed by atoms with van der Waals surface area (Å²) in [4.78, 5) is 44.7. The highest BCUT2D eigenvalue weighted by molar-refractivity contribution is 6.35. The molecule has 2 unspecified atom stereocenters. The Morgan fingerprint density at radius 3 is 2.70 bits per heavy atom. The van der Waals surface area contributed by atoms with Crippen molar-refractivity contribution in [2.75, 3.05) is 19.6 Å². The first-order valence-electron chi connectivity index (χ1n) is 9.51. The highest BCUT2D eigenvalue weighted by Gasteiger charge is 2.47. The van der Waals surface area contributed by atoms with Crippen LogP contribution in [-0.4, -0.2) is 70.3 Å².